The van der Waals surface area contributed by atoms with E-state index in [9.17, 15) is 4.79 Å². The van der Waals surface area contributed by atoms with Crippen LogP contribution in [0.25, 0.3) is 0 Å². The van der Waals surface area contributed by atoms with Crippen LogP contribution in [0.4, 0.5) is 5.69 Å². The minimum atomic E-state index is -0.0366. The summed E-state index contributed by atoms with van der Waals surface area (Å²) < 4.78 is 0. The third-order valence-corrected chi connectivity index (χ3v) is 3.30. The SMILES string of the molecule is CCCc1[nH]nc(C(=O)N2CCC(C)C2)c1N. The molecule has 3 N–H and O–H groups in total. The summed E-state index contributed by atoms with van der Waals surface area (Å²) in [6.45, 7) is 5.86. The highest BCUT2D eigenvalue weighted by Gasteiger charge is 2.27. The molecule has 0 bridgehead atoms. The van der Waals surface area contributed by atoms with E-state index in [1.54, 1.807) is 0 Å². The molecule has 5 heteroatoms. The molecule has 2 rings (SSSR count). The van der Waals surface area contributed by atoms with E-state index in [1.165, 1.54) is 0 Å². The molecule has 0 spiro atoms. The number of aromatic amines is 1. The zero-order valence-corrected chi connectivity index (χ0v) is 10.5. The van der Waals surface area contributed by atoms with E-state index in [0.717, 1.165) is 38.0 Å². The topological polar surface area (TPSA) is 75.0 Å². The van der Waals surface area contributed by atoms with Crippen LogP contribution < -0.4 is 5.73 Å². The fourth-order valence-electron chi connectivity index (χ4n) is 2.26. The molecule has 94 valence electrons. The first kappa shape index (κ1) is 12.0. The highest BCUT2D eigenvalue weighted by Crippen LogP contribution is 2.21. The molecule has 2 heterocycles. The van der Waals surface area contributed by atoms with E-state index >= 15 is 0 Å². The number of amides is 1. The Morgan fingerprint density at radius 3 is 3.00 bits per heavy atom. The van der Waals surface area contributed by atoms with Gasteiger partial charge in [-0.15, -0.1) is 0 Å². The van der Waals surface area contributed by atoms with Crippen molar-refractivity contribution in [2.45, 2.75) is 33.1 Å². The number of rotatable bonds is 3. The average Bonchev–Trinajstić information content (AvgIpc) is 2.87. The Balaban J connectivity index is 2.14. The Morgan fingerprint density at radius 2 is 2.41 bits per heavy atom. The fraction of sp³-hybridized carbons (Fsp3) is 0.667. The molecule has 1 unspecified atom stereocenters. The number of nitrogens with one attached hydrogen (secondary N) is 1. The highest BCUT2D eigenvalue weighted by molar-refractivity contribution is 5.97. The minimum Gasteiger partial charge on any atom is -0.395 e. The van der Waals surface area contributed by atoms with Gasteiger partial charge in [0.05, 0.1) is 11.4 Å². The van der Waals surface area contributed by atoms with Crippen molar-refractivity contribution in [2.24, 2.45) is 5.92 Å². The second-order valence-corrected chi connectivity index (χ2v) is 4.86. The lowest BCUT2D eigenvalue weighted by Crippen LogP contribution is -2.29. The molecule has 1 atom stereocenters. The smallest absolute Gasteiger partial charge is 0.276 e. The molecule has 5 nitrogen and oxygen atoms in total. The maximum Gasteiger partial charge on any atom is 0.276 e. The summed E-state index contributed by atoms with van der Waals surface area (Å²) in [4.78, 5) is 14.0. The summed E-state index contributed by atoms with van der Waals surface area (Å²) in [5, 5.41) is 6.93. The Bertz CT molecular complexity index is 413. The van der Waals surface area contributed by atoms with E-state index in [4.69, 9.17) is 5.73 Å². The first-order valence-electron chi connectivity index (χ1n) is 6.25. The molecule has 1 aliphatic rings. The molecule has 17 heavy (non-hydrogen) atoms. The minimum absolute atomic E-state index is 0.0366. The second kappa shape index (κ2) is 4.77. The van der Waals surface area contributed by atoms with Gasteiger partial charge in [-0.25, -0.2) is 0 Å². The predicted molar refractivity (Wildman–Crippen MR) is 66.7 cm³/mol. The molecular weight excluding hydrogens is 216 g/mol. The van der Waals surface area contributed by atoms with Gasteiger partial charge in [0.15, 0.2) is 5.69 Å². The molecule has 0 aliphatic carbocycles. The van der Waals surface area contributed by atoms with Crippen molar-refractivity contribution in [3.63, 3.8) is 0 Å². The fourth-order valence-corrected chi connectivity index (χ4v) is 2.26. The Kier molecular flexibility index (Phi) is 3.36. The number of aryl methyl sites for hydroxylation is 1. The largest absolute Gasteiger partial charge is 0.395 e. The molecule has 1 aliphatic heterocycles. The number of nitrogens with zero attached hydrogens (tertiary/aromatic N) is 2. The van der Waals surface area contributed by atoms with Crippen LogP contribution in [0.5, 0.6) is 0 Å². The molecular formula is C12H20N4O. The number of anilines is 1. The molecule has 1 amide bonds. The van der Waals surface area contributed by atoms with Crippen LogP contribution in [-0.4, -0.2) is 34.1 Å². The maximum absolute atomic E-state index is 12.2. The molecule has 0 radical (unpaired) electrons. The summed E-state index contributed by atoms with van der Waals surface area (Å²) >= 11 is 0. The summed E-state index contributed by atoms with van der Waals surface area (Å²) in [5.74, 6) is 0.541. The molecule has 1 aromatic rings. The molecule has 0 aromatic carbocycles. The molecule has 1 saturated heterocycles. The standard InChI is InChI=1S/C12H20N4O/c1-3-4-9-10(13)11(15-14-9)12(17)16-6-5-8(2)7-16/h8H,3-7,13H2,1-2H3,(H,14,15). The van der Waals surface area contributed by atoms with Gasteiger partial charge in [-0.2, -0.15) is 5.10 Å². The van der Waals surface area contributed by atoms with Crippen molar-refractivity contribution in [3.05, 3.63) is 11.4 Å². The van der Waals surface area contributed by atoms with E-state index in [0.29, 0.717) is 17.3 Å². The van der Waals surface area contributed by atoms with Gasteiger partial charge in [-0.05, 0) is 18.8 Å². The van der Waals surface area contributed by atoms with E-state index in [1.807, 2.05) is 4.90 Å². The van der Waals surface area contributed by atoms with Crippen molar-refractivity contribution < 1.29 is 4.79 Å². The monoisotopic (exact) mass is 236 g/mol. The van der Waals surface area contributed by atoms with E-state index < -0.39 is 0 Å². The van der Waals surface area contributed by atoms with Crippen molar-refractivity contribution >= 4 is 11.6 Å². The lowest BCUT2D eigenvalue weighted by molar-refractivity contribution is 0.0783. The van der Waals surface area contributed by atoms with Gasteiger partial charge in [0.2, 0.25) is 0 Å². The molecule has 1 fully saturated rings. The van der Waals surface area contributed by atoms with Crippen molar-refractivity contribution in [1.29, 1.82) is 0 Å². The maximum atomic E-state index is 12.2. The number of hydrogen-bond acceptors (Lipinski definition) is 3. The predicted octanol–water partition coefficient (Wildman–Crippen LogP) is 1.43. The van der Waals surface area contributed by atoms with Gasteiger partial charge in [0.25, 0.3) is 5.91 Å². The zero-order valence-electron chi connectivity index (χ0n) is 10.5. The van der Waals surface area contributed by atoms with Gasteiger partial charge in [0, 0.05) is 13.1 Å². The number of hydrogen-bond donors (Lipinski definition) is 2. The highest BCUT2D eigenvalue weighted by atomic mass is 16.2. The number of nitrogens with two attached hydrogens (primary N) is 1. The van der Waals surface area contributed by atoms with Crippen LogP contribution in [0.3, 0.4) is 0 Å². The third-order valence-electron chi connectivity index (χ3n) is 3.30. The molecule has 0 saturated carbocycles. The Hall–Kier alpha value is -1.52. The number of likely N-dealkylation sites (tertiary alicyclic amines) is 1. The van der Waals surface area contributed by atoms with Gasteiger partial charge < -0.3 is 10.6 Å². The second-order valence-electron chi connectivity index (χ2n) is 4.86. The van der Waals surface area contributed by atoms with Crippen molar-refractivity contribution in [2.75, 3.05) is 18.8 Å². The van der Waals surface area contributed by atoms with Crippen molar-refractivity contribution in [1.82, 2.24) is 15.1 Å². The zero-order chi connectivity index (χ0) is 12.4. The van der Waals surface area contributed by atoms with E-state index in [2.05, 4.69) is 24.0 Å². The van der Waals surface area contributed by atoms with Crippen LogP contribution in [-0.2, 0) is 6.42 Å². The average molecular weight is 236 g/mol. The Labute approximate surface area is 101 Å². The summed E-state index contributed by atoms with van der Waals surface area (Å²) in [5.41, 5.74) is 7.74. The van der Waals surface area contributed by atoms with Gasteiger partial charge in [-0.3, -0.25) is 9.89 Å². The van der Waals surface area contributed by atoms with Gasteiger partial charge in [-0.1, -0.05) is 20.3 Å². The summed E-state index contributed by atoms with van der Waals surface area (Å²) in [6.07, 6.45) is 2.89. The van der Waals surface area contributed by atoms with Crippen molar-refractivity contribution in [3.8, 4) is 0 Å². The van der Waals surface area contributed by atoms with Crippen LogP contribution in [0.1, 0.15) is 42.9 Å². The quantitative estimate of drug-likeness (QED) is 0.833. The molecule has 1 aromatic heterocycles. The Morgan fingerprint density at radius 1 is 1.65 bits per heavy atom. The normalized spacial score (nSPS) is 19.9. The van der Waals surface area contributed by atoms with E-state index in [-0.39, 0.29) is 5.91 Å². The number of H-pyrrole nitrogens is 1. The van der Waals surface area contributed by atoms with Crippen LogP contribution in [0.2, 0.25) is 0 Å². The number of carbonyl (C=O) groups excluding carboxylic acids is 1. The first-order chi connectivity index (χ1) is 8.13. The first-order valence-corrected chi connectivity index (χ1v) is 6.25. The van der Waals surface area contributed by atoms with Gasteiger partial charge >= 0.3 is 0 Å². The summed E-state index contributed by atoms with van der Waals surface area (Å²) in [6, 6.07) is 0. The van der Waals surface area contributed by atoms with Crippen LogP contribution >= 0.6 is 0 Å². The van der Waals surface area contributed by atoms with Gasteiger partial charge in [0.1, 0.15) is 0 Å². The number of carbonyl (C=O) groups is 1. The lowest BCUT2D eigenvalue weighted by atomic mass is 10.2. The van der Waals surface area contributed by atoms with Crippen LogP contribution in [0.15, 0.2) is 0 Å². The third kappa shape index (κ3) is 2.28. The number of aromatic nitrogens is 2. The number of nitrogen functional groups attached to an aromatic ring is 1. The van der Waals surface area contributed by atoms with Crippen LogP contribution in [0, 0.1) is 5.92 Å². The summed E-state index contributed by atoms with van der Waals surface area (Å²) in [7, 11) is 0. The lowest BCUT2D eigenvalue weighted by Gasteiger charge is -2.14.